The van der Waals surface area contributed by atoms with Gasteiger partial charge in [0.1, 0.15) is 11.6 Å². The molecule has 5 heteroatoms. The summed E-state index contributed by atoms with van der Waals surface area (Å²) in [7, 11) is 0. The van der Waals surface area contributed by atoms with Gasteiger partial charge in [-0.05, 0) is 43.7 Å². The van der Waals surface area contributed by atoms with Crippen molar-refractivity contribution in [3.8, 4) is 5.75 Å². The number of hydrogen-bond acceptors (Lipinski definition) is 3. The summed E-state index contributed by atoms with van der Waals surface area (Å²) in [5.41, 5.74) is 4.12. The summed E-state index contributed by atoms with van der Waals surface area (Å²) in [6.45, 7) is 5.31. The number of aromatic nitrogens is 2. The third-order valence-electron chi connectivity index (χ3n) is 6.24. The van der Waals surface area contributed by atoms with E-state index in [-0.39, 0.29) is 17.9 Å². The number of rotatable bonds is 6. The number of benzene rings is 3. The Bertz CT molecular complexity index is 1250. The molecule has 0 spiro atoms. The van der Waals surface area contributed by atoms with Crippen LogP contribution in [0.1, 0.15) is 43.6 Å². The number of amides is 1. The topological polar surface area (TPSA) is 47.4 Å². The van der Waals surface area contributed by atoms with Gasteiger partial charge in [0, 0.05) is 18.9 Å². The fourth-order valence-corrected chi connectivity index (χ4v) is 4.71. The zero-order chi connectivity index (χ0) is 22.1. The van der Waals surface area contributed by atoms with Crippen LogP contribution in [-0.2, 0) is 4.79 Å². The van der Waals surface area contributed by atoms with Gasteiger partial charge < -0.3 is 14.2 Å². The monoisotopic (exact) mass is 425 g/mol. The Hall–Kier alpha value is -3.60. The summed E-state index contributed by atoms with van der Waals surface area (Å²) < 4.78 is 8.10. The summed E-state index contributed by atoms with van der Waals surface area (Å²) in [6, 6.07) is 26.6. The summed E-state index contributed by atoms with van der Waals surface area (Å²) in [4.78, 5) is 20.0. The van der Waals surface area contributed by atoms with Crippen molar-refractivity contribution in [1.29, 1.82) is 0 Å². The van der Waals surface area contributed by atoms with E-state index in [1.165, 1.54) is 5.56 Å². The molecule has 0 radical (unpaired) electrons. The van der Waals surface area contributed by atoms with Crippen molar-refractivity contribution in [3.63, 3.8) is 0 Å². The number of imidazole rings is 1. The zero-order valence-electron chi connectivity index (χ0n) is 18.4. The molecule has 4 aromatic rings. The Balaban J connectivity index is 1.55. The second kappa shape index (κ2) is 8.50. The van der Waals surface area contributed by atoms with E-state index >= 15 is 0 Å². The molecule has 0 unspecified atom stereocenters. The maximum absolute atomic E-state index is 13.1. The van der Waals surface area contributed by atoms with Crippen molar-refractivity contribution >= 4 is 22.6 Å². The van der Waals surface area contributed by atoms with E-state index in [0.29, 0.717) is 19.6 Å². The van der Waals surface area contributed by atoms with Crippen LogP contribution in [0.2, 0.25) is 0 Å². The largest absolute Gasteiger partial charge is 0.492 e. The molecule has 2 atom stereocenters. The average molecular weight is 426 g/mol. The smallest absolute Gasteiger partial charge is 0.227 e. The summed E-state index contributed by atoms with van der Waals surface area (Å²) in [5.74, 6) is 1.83. The average Bonchev–Trinajstić information content (AvgIpc) is 3.40. The molecule has 32 heavy (non-hydrogen) atoms. The first-order chi connectivity index (χ1) is 15.7. The van der Waals surface area contributed by atoms with Crippen LogP contribution in [0, 0.1) is 0 Å². The molecule has 162 valence electrons. The van der Waals surface area contributed by atoms with Gasteiger partial charge in [-0.25, -0.2) is 4.98 Å². The van der Waals surface area contributed by atoms with Crippen molar-refractivity contribution in [2.24, 2.45) is 0 Å². The van der Waals surface area contributed by atoms with Gasteiger partial charge in [-0.3, -0.25) is 4.79 Å². The summed E-state index contributed by atoms with van der Waals surface area (Å²) in [6.07, 6.45) is 0.436. The van der Waals surface area contributed by atoms with Crippen LogP contribution in [0.25, 0.3) is 11.0 Å². The second-order valence-electron chi connectivity index (χ2n) is 8.22. The molecule has 0 aliphatic carbocycles. The number of hydrogen-bond donors (Lipinski definition) is 0. The highest BCUT2D eigenvalue weighted by Crippen LogP contribution is 2.38. The Labute approximate surface area is 188 Å². The fourth-order valence-electron chi connectivity index (χ4n) is 4.71. The third-order valence-corrected chi connectivity index (χ3v) is 6.24. The molecule has 1 amide bonds. The fraction of sp³-hybridized carbons (Fsp3) is 0.259. The Morgan fingerprint density at radius 2 is 1.72 bits per heavy atom. The van der Waals surface area contributed by atoms with Gasteiger partial charge >= 0.3 is 0 Å². The quantitative estimate of drug-likeness (QED) is 0.406. The van der Waals surface area contributed by atoms with Crippen LogP contribution in [0.3, 0.4) is 0 Å². The Morgan fingerprint density at radius 3 is 2.53 bits per heavy atom. The first-order valence-electron chi connectivity index (χ1n) is 11.2. The van der Waals surface area contributed by atoms with Crippen LogP contribution in [-0.4, -0.2) is 28.6 Å². The number of anilines is 1. The molecule has 0 bridgehead atoms. The van der Waals surface area contributed by atoms with Gasteiger partial charge in [-0.2, -0.15) is 0 Å². The highest BCUT2D eigenvalue weighted by Gasteiger charge is 2.36. The van der Waals surface area contributed by atoms with E-state index in [9.17, 15) is 4.79 Å². The van der Waals surface area contributed by atoms with E-state index in [2.05, 4.69) is 41.8 Å². The lowest BCUT2D eigenvalue weighted by atomic mass is 10.0. The predicted octanol–water partition coefficient (Wildman–Crippen LogP) is 5.56. The number of carbonyl (C=O) groups excluding carboxylic acids is 1. The molecule has 1 aromatic heterocycles. The lowest BCUT2D eigenvalue weighted by molar-refractivity contribution is -0.117. The molecule has 3 aromatic carbocycles. The first kappa shape index (κ1) is 20.3. The molecule has 5 rings (SSSR count). The number of ether oxygens (including phenoxy) is 1. The molecule has 0 N–H and O–H groups in total. The van der Waals surface area contributed by atoms with Crippen molar-refractivity contribution < 1.29 is 9.53 Å². The van der Waals surface area contributed by atoms with Crippen LogP contribution in [0.4, 0.5) is 5.69 Å². The minimum absolute atomic E-state index is 0.00995. The SMILES string of the molecule is CCOc1ccccc1N1C[C@H](c2nc3ccccc3n2[C@@H](C)c2ccccc2)CC1=O. The molecule has 1 fully saturated rings. The van der Waals surface area contributed by atoms with Gasteiger partial charge in [-0.15, -0.1) is 0 Å². The summed E-state index contributed by atoms with van der Waals surface area (Å²) >= 11 is 0. The lowest BCUT2D eigenvalue weighted by Gasteiger charge is -2.22. The molecule has 1 aliphatic rings. The van der Waals surface area contributed by atoms with Gasteiger partial charge in [0.25, 0.3) is 0 Å². The van der Waals surface area contributed by atoms with E-state index in [1.54, 1.807) is 0 Å². The highest BCUT2D eigenvalue weighted by atomic mass is 16.5. The molecule has 2 heterocycles. The maximum Gasteiger partial charge on any atom is 0.227 e. The van der Waals surface area contributed by atoms with Crippen LogP contribution in [0.15, 0.2) is 78.9 Å². The number of para-hydroxylation sites is 4. The molecule has 0 saturated carbocycles. The van der Waals surface area contributed by atoms with Crippen LogP contribution < -0.4 is 9.64 Å². The minimum atomic E-state index is 0.00995. The van der Waals surface area contributed by atoms with Gasteiger partial charge in [-0.1, -0.05) is 54.6 Å². The highest BCUT2D eigenvalue weighted by molar-refractivity contribution is 5.98. The molecular weight excluding hydrogens is 398 g/mol. The summed E-state index contributed by atoms with van der Waals surface area (Å²) in [5, 5.41) is 0. The van der Waals surface area contributed by atoms with Gasteiger partial charge in [0.2, 0.25) is 5.91 Å². The van der Waals surface area contributed by atoms with Gasteiger partial charge in [0.05, 0.1) is 29.4 Å². The van der Waals surface area contributed by atoms with Gasteiger partial charge in [0.15, 0.2) is 0 Å². The van der Waals surface area contributed by atoms with E-state index in [1.807, 2.05) is 60.4 Å². The number of nitrogens with zero attached hydrogens (tertiary/aromatic N) is 3. The zero-order valence-corrected chi connectivity index (χ0v) is 18.4. The normalized spacial score (nSPS) is 17.1. The lowest BCUT2D eigenvalue weighted by Crippen LogP contribution is -2.25. The third kappa shape index (κ3) is 3.54. The maximum atomic E-state index is 13.1. The predicted molar refractivity (Wildman–Crippen MR) is 127 cm³/mol. The first-order valence-corrected chi connectivity index (χ1v) is 11.2. The molecular formula is C27H27N3O2. The Morgan fingerprint density at radius 1 is 1.00 bits per heavy atom. The van der Waals surface area contributed by atoms with E-state index in [4.69, 9.17) is 9.72 Å². The van der Waals surface area contributed by atoms with Crippen molar-refractivity contribution in [1.82, 2.24) is 9.55 Å². The Kier molecular flexibility index (Phi) is 5.39. The van der Waals surface area contributed by atoms with Crippen LogP contribution in [0.5, 0.6) is 5.75 Å². The van der Waals surface area contributed by atoms with Crippen molar-refractivity contribution in [2.45, 2.75) is 32.2 Å². The van der Waals surface area contributed by atoms with E-state index < -0.39 is 0 Å². The molecule has 1 saturated heterocycles. The van der Waals surface area contributed by atoms with Crippen molar-refractivity contribution in [2.75, 3.05) is 18.1 Å². The number of fused-ring (bicyclic) bond motifs is 1. The molecule has 1 aliphatic heterocycles. The van der Waals surface area contributed by atoms with Crippen molar-refractivity contribution in [3.05, 3.63) is 90.3 Å². The van der Waals surface area contributed by atoms with Crippen LogP contribution >= 0.6 is 0 Å². The standard InChI is InChI=1S/C27H27N3O2/c1-3-32-25-16-10-9-15-24(25)29-18-21(17-26(29)31)27-28-22-13-7-8-14-23(22)30(27)19(2)20-11-5-4-6-12-20/h4-16,19,21H,3,17-18H2,1-2H3/t19-,21+/m0/s1. The number of carbonyl (C=O) groups is 1. The van der Waals surface area contributed by atoms with E-state index in [0.717, 1.165) is 28.3 Å². The molecule has 5 nitrogen and oxygen atoms in total. The minimum Gasteiger partial charge on any atom is -0.492 e. The second-order valence-corrected chi connectivity index (χ2v) is 8.22.